The number of esters is 2. The Morgan fingerprint density at radius 3 is 1.27 bits per heavy atom. The summed E-state index contributed by atoms with van der Waals surface area (Å²) in [5, 5.41) is 15.1. The molecule has 12 heterocycles. The van der Waals surface area contributed by atoms with Crippen molar-refractivity contribution in [3.8, 4) is 17.2 Å². The Hall–Kier alpha value is -9.01. The first-order chi connectivity index (χ1) is 58.2. The molecule has 45 heteroatoms. The Morgan fingerprint density at radius 2 is 0.878 bits per heavy atom. The minimum atomic E-state index is -4.61. The molecule has 30 nitrogen and oxygen atoms in total. The van der Waals surface area contributed by atoms with E-state index in [1.165, 1.54) is 53.7 Å². The summed E-state index contributed by atoms with van der Waals surface area (Å²) in [6, 6.07) is 35.3. The number of carbonyl (C=O) groups is 6. The summed E-state index contributed by atoms with van der Waals surface area (Å²) in [4.78, 5) is 108. The molecule has 0 aliphatic carbocycles. The number of fused-ring (bicyclic) bond motifs is 13. The molecule has 0 saturated carbocycles. The number of nitrogens with two attached hydrogens (primary N) is 2. The van der Waals surface area contributed by atoms with Crippen molar-refractivity contribution in [3.05, 3.63) is 217 Å². The van der Waals surface area contributed by atoms with E-state index in [4.69, 9.17) is 35.5 Å². The summed E-state index contributed by atoms with van der Waals surface area (Å²) >= 11 is 24.1. The van der Waals surface area contributed by atoms with E-state index in [1.807, 2.05) is 100 Å². The molecule has 7 N–H and O–H groups in total. The second kappa shape index (κ2) is 45.8. The zero-order valence-corrected chi connectivity index (χ0v) is 81.8. The van der Waals surface area contributed by atoms with Crippen LogP contribution in [0.5, 0.6) is 17.2 Å². The number of rotatable bonds is 17. The monoisotopic (exact) mass is 2110 g/mol. The van der Waals surface area contributed by atoms with Gasteiger partial charge >= 0.3 is 76.3 Å². The number of carboxylic acid groups (broad SMARTS) is 1. The quantitative estimate of drug-likeness (QED) is 0.0245. The minimum Gasteiger partial charge on any atom is -0.495 e. The van der Waals surface area contributed by atoms with E-state index < -0.39 is 31.1 Å². The smallest absolute Gasteiger partial charge is 0.495 e. The molecular weight excluding hydrogens is 2050 g/mol. The first-order valence-corrected chi connectivity index (χ1v) is 44.1. The number of aromatic carboxylic acids is 1. The van der Waals surface area contributed by atoms with Crippen molar-refractivity contribution >= 4 is 272 Å². The number of benzene rings is 5. The largest absolute Gasteiger partial charge is 1.00 e. The number of aromatic nitrogens is 12. The van der Waals surface area contributed by atoms with Gasteiger partial charge in [0.25, 0.3) is 11.8 Å². The van der Waals surface area contributed by atoms with Crippen LogP contribution in [-0.4, -0.2) is 189 Å². The number of alkyl halides is 1. The Kier molecular flexibility index (Phi) is 36.4. The van der Waals surface area contributed by atoms with E-state index in [0.717, 1.165) is 95.3 Å². The zero-order chi connectivity index (χ0) is 88.2. The molecule has 0 radical (unpaired) electrons. The number of ketones is 1. The number of amides is 2. The number of nitrogens with zero attached hydrogens (tertiary/aromatic N) is 14. The minimum absolute atomic E-state index is 0. The number of thiazole rings is 5. The van der Waals surface area contributed by atoms with Gasteiger partial charge in [-0.25, -0.2) is 39.3 Å². The van der Waals surface area contributed by atoms with Gasteiger partial charge in [-0.3, -0.25) is 46.9 Å². The number of imidazole rings is 4. The summed E-state index contributed by atoms with van der Waals surface area (Å²) < 4.78 is 75.7. The second-order valence-electron chi connectivity index (χ2n) is 25.6. The molecule has 636 valence electrons. The Bertz CT molecular complexity index is 6600. The van der Waals surface area contributed by atoms with E-state index in [9.17, 15) is 41.7 Å². The van der Waals surface area contributed by atoms with Gasteiger partial charge in [0.1, 0.15) is 28.6 Å². The van der Waals surface area contributed by atoms with Crippen molar-refractivity contribution < 1.29 is 122 Å². The first kappa shape index (κ1) is 97.8. The topological polar surface area (TPSA) is 372 Å². The number of halogens is 8. The van der Waals surface area contributed by atoms with Crippen LogP contribution in [0.25, 0.3) is 70.9 Å². The fraction of sp³-hybridized carbons (Fsp3) is 0.179. The Morgan fingerprint density at radius 1 is 0.488 bits per heavy atom. The number of carbonyl (C=O) groups excluding carboxylic acids is 5. The number of nitrogens with one attached hydrogen (secondary N) is 2. The summed E-state index contributed by atoms with van der Waals surface area (Å²) in [5.74, 6) is -1.40. The first-order valence-electron chi connectivity index (χ1n) is 35.7. The molecule has 2 amide bonds. The number of Topliss-reactive ketones (excluding diaryl/α,β-unsaturated/α-hetero) is 1. The SMILES string of the molecule is CCOC(=O)C(=O)CBr.CCOC(=O)c1cn2c(n1)sc1cc(Br)ccc12.CN(C)C[B-](F)(F)F.COc1cncc(N)c1.COc1cncc(NC(=O)c2cn3c(n2)sc2cc(Br)ccc23)c1.COc1cncc(NC(=O)c2cn3c(n2)sc2cc(CN(C)C)ccc23)c1.Nc1nc2ccc(Br)cc2s1.O=C(O)c1cn2c(n1)sc1cc(Br)ccc12.[K+]. The normalized spacial score (nSPS) is 10.9. The maximum Gasteiger partial charge on any atom is 1.00 e. The van der Waals surface area contributed by atoms with Crippen LogP contribution in [0.2, 0.25) is 0 Å². The molecule has 0 fully saturated rings. The van der Waals surface area contributed by atoms with Gasteiger partial charge in [-0.2, -0.15) is 0 Å². The third-order valence-electron chi connectivity index (χ3n) is 15.9. The van der Waals surface area contributed by atoms with Crippen LogP contribution in [0.4, 0.5) is 35.1 Å². The number of nitrogen functional groups attached to an aromatic ring is 2. The van der Waals surface area contributed by atoms with Gasteiger partial charge in [0.05, 0.1) is 145 Å². The molecule has 0 saturated heterocycles. The fourth-order valence-electron chi connectivity index (χ4n) is 10.8. The second-order valence-corrected chi connectivity index (χ2v) is 35.0. The number of ether oxygens (including phenoxy) is 5. The fourth-order valence-corrected chi connectivity index (χ4v) is 18.1. The van der Waals surface area contributed by atoms with Gasteiger partial charge in [0.2, 0.25) is 5.78 Å². The average Bonchev–Trinajstić information content (AvgIpc) is 1.63. The van der Waals surface area contributed by atoms with Gasteiger partial charge in [0.15, 0.2) is 36.4 Å². The summed E-state index contributed by atoms with van der Waals surface area (Å²) in [5.41, 5.74) is 20.1. The Labute approximate surface area is 803 Å². The number of hydrogen-bond acceptors (Lipinski definition) is 28. The molecule has 0 bridgehead atoms. The Balaban J connectivity index is 0.000000165. The van der Waals surface area contributed by atoms with E-state index in [2.05, 4.69) is 158 Å². The molecule has 5 aromatic carbocycles. The molecule has 0 unspecified atom stereocenters. The van der Waals surface area contributed by atoms with Crippen molar-refractivity contribution in [2.45, 2.75) is 20.4 Å². The number of hydrogen-bond donors (Lipinski definition) is 5. The number of anilines is 4. The molecule has 0 atom stereocenters. The summed E-state index contributed by atoms with van der Waals surface area (Å²) in [7, 11) is 11.6. The third kappa shape index (κ3) is 27.5. The summed E-state index contributed by atoms with van der Waals surface area (Å²) in [6.07, 6.45) is 15.5. The standard InChI is InChI=1S/C19H19N5O2S.C16H11BrN4O2S.C12H9BrN2O2S.C10H5BrN2O2S.C7H5BrN2S.C6H8N2O.C5H7BrO3.C3H8BF3N.K/c1-23(2)10-12-4-5-16-17(6-12)27-19-22-15(11-24(16)19)18(25)21-13-7-14(26-3)9-20-8-13;1-23-11-5-10(6-18-7-11)19-15(22)12-8-21-13-3-2-9(17)4-14(13)24-16(21)20-12;1-2-17-11(16)8-6-15-9-4-3-7(13)5-10(9)18-12(15)14-8;11-5-1-2-7-8(3-5)16-10-12-6(9(14)15)4-13(7)10;8-4-1-2-5-6(3-4)11-7(9)10-5;1-9-6-2-5(7)3-8-4-6;1-2-9-5(8)4(7)3-6;1-8(2)3-4(5,6)7;/h4-9,11H,10H2,1-3H3,(H,21,25);2-8H,1H3,(H,19,22);3-6H,2H2,1H3;1-4H,(H,14,15);1-3H,(H2,9,10);2-4H,7H2,1H3;2-3H2,1H3;3H2,1-2H3;/q;;;;;;;-1;+1. The molecule has 123 heavy (non-hydrogen) atoms. The average molecular weight is 2120 g/mol. The molecule has 12 aromatic heterocycles. The maximum absolute atomic E-state index is 12.5. The van der Waals surface area contributed by atoms with Crippen LogP contribution in [0.3, 0.4) is 0 Å². The van der Waals surface area contributed by atoms with Crippen molar-refractivity contribution in [2.75, 3.05) is 96.6 Å². The van der Waals surface area contributed by atoms with Crippen LogP contribution in [0.1, 0.15) is 61.4 Å². The molecule has 17 rings (SSSR count). The van der Waals surface area contributed by atoms with E-state index in [1.54, 1.807) is 142 Å². The van der Waals surface area contributed by atoms with Crippen molar-refractivity contribution in [2.24, 2.45) is 0 Å². The van der Waals surface area contributed by atoms with Crippen LogP contribution < -0.4 is 87.7 Å². The van der Waals surface area contributed by atoms with Gasteiger partial charge < -0.3 is 73.6 Å². The molecule has 17 aromatic rings. The predicted molar refractivity (Wildman–Crippen MR) is 493 cm³/mol. The van der Waals surface area contributed by atoms with Gasteiger partial charge in [0, 0.05) is 67.4 Å². The van der Waals surface area contributed by atoms with Crippen LogP contribution in [0, 0.1) is 0 Å². The van der Waals surface area contributed by atoms with Crippen LogP contribution >= 0.6 is 136 Å². The van der Waals surface area contributed by atoms with Crippen LogP contribution in [-0.2, 0) is 25.6 Å². The molecular formula is C78H72BBr5F3KN18O12S5. The number of methoxy groups -OCH3 is 3. The van der Waals surface area contributed by atoms with E-state index in [0.29, 0.717) is 68.1 Å². The predicted octanol–water partition coefficient (Wildman–Crippen LogP) is 15.5. The van der Waals surface area contributed by atoms with Crippen molar-refractivity contribution in [1.29, 1.82) is 0 Å². The summed E-state index contributed by atoms with van der Waals surface area (Å²) in [6.45, 7) is 0.316. The number of pyridine rings is 3. The van der Waals surface area contributed by atoms with Gasteiger partial charge in [-0.1, -0.05) is 142 Å². The number of carboxylic acids is 1. The maximum atomic E-state index is 12.5. The van der Waals surface area contributed by atoms with Crippen LogP contribution in [0.15, 0.2) is 189 Å². The van der Waals surface area contributed by atoms with Gasteiger partial charge in [-0.15, -0.1) is 0 Å². The van der Waals surface area contributed by atoms with Gasteiger partial charge in [-0.05, 0) is 139 Å². The van der Waals surface area contributed by atoms with E-state index in [-0.39, 0.29) is 86.8 Å². The molecule has 0 aliphatic rings. The molecule has 0 spiro atoms. The van der Waals surface area contributed by atoms with Crippen molar-refractivity contribution in [1.82, 2.24) is 67.3 Å². The third-order valence-corrected chi connectivity index (χ3v) is 23.3. The zero-order valence-electron chi connectivity index (χ0n) is 66.7. The van der Waals surface area contributed by atoms with Crippen molar-refractivity contribution in [3.63, 3.8) is 0 Å². The van der Waals surface area contributed by atoms with E-state index >= 15 is 0 Å². The molecule has 0 aliphatic heterocycles.